The van der Waals surface area contributed by atoms with Crippen LogP contribution >= 0.6 is 0 Å². The summed E-state index contributed by atoms with van der Waals surface area (Å²) in [7, 11) is 2.03. The summed E-state index contributed by atoms with van der Waals surface area (Å²) in [6.45, 7) is 2.22. The lowest BCUT2D eigenvalue weighted by Gasteiger charge is -2.17. The summed E-state index contributed by atoms with van der Waals surface area (Å²) in [5.74, 6) is 0. The van der Waals surface area contributed by atoms with E-state index in [1.807, 2.05) is 13.1 Å². The maximum absolute atomic E-state index is 3.39. The highest BCUT2D eigenvalue weighted by molar-refractivity contribution is 5.49. The molecular formula is C19H23N. The predicted octanol–water partition coefficient (Wildman–Crippen LogP) is 4.61. The fraction of sp³-hybridized carbons (Fsp3) is 0.263. The molecule has 0 aliphatic heterocycles. The number of nitrogens with one attached hydrogen (secondary N) is 1. The molecule has 0 fully saturated rings. The first-order valence-corrected chi connectivity index (χ1v) is 7.31. The molecule has 2 rings (SSSR count). The van der Waals surface area contributed by atoms with Crippen molar-refractivity contribution in [1.82, 2.24) is 5.32 Å². The van der Waals surface area contributed by atoms with Crippen molar-refractivity contribution < 1.29 is 0 Å². The molecule has 0 saturated carbocycles. The number of allylic oxidation sites excluding steroid dienone is 1. The lowest BCUT2D eigenvalue weighted by atomic mass is 9.96. The van der Waals surface area contributed by atoms with Crippen LogP contribution in [0.25, 0.3) is 6.08 Å². The van der Waals surface area contributed by atoms with Crippen LogP contribution in [0.2, 0.25) is 0 Å². The van der Waals surface area contributed by atoms with Crippen LogP contribution in [0, 0.1) is 0 Å². The van der Waals surface area contributed by atoms with Crippen molar-refractivity contribution in [1.29, 1.82) is 0 Å². The number of hydrogen-bond donors (Lipinski definition) is 1. The summed E-state index contributed by atoms with van der Waals surface area (Å²) < 4.78 is 0. The molecule has 104 valence electrons. The second-order valence-corrected chi connectivity index (χ2v) is 4.97. The summed E-state index contributed by atoms with van der Waals surface area (Å²) in [5.41, 5.74) is 4.07. The zero-order chi connectivity index (χ0) is 14.2. The molecule has 1 atom stereocenters. The molecule has 1 N–H and O–H groups in total. The van der Waals surface area contributed by atoms with Crippen molar-refractivity contribution in [3.63, 3.8) is 0 Å². The second-order valence-electron chi connectivity index (χ2n) is 4.97. The van der Waals surface area contributed by atoms with Gasteiger partial charge in [0.15, 0.2) is 0 Å². The fourth-order valence-electron chi connectivity index (χ4n) is 2.53. The molecule has 0 saturated heterocycles. The highest BCUT2D eigenvalue weighted by atomic mass is 14.9. The Hall–Kier alpha value is -1.86. The van der Waals surface area contributed by atoms with Gasteiger partial charge in [-0.1, -0.05) is 73.7 Å². The van der Waals surface area contributed by atoms with E-state index in [1.54, 1.807) is 0 Å². The fourth-order valence-corrected chi connectivity index (χ4v) is 2.53. The van der Waals surface area contributed by atoms with Gasteiger partial charge in [0.2, 0.25) is 0 Å². The lowest BCUT2D eigenvalue weighted by Crippen LogP contribution is -2.16. The molecular weight excluding hydrogens is 242 g/mol. The third-order valence-electron chi connectivity index (χ3n) is 3.63. The molecule has 0 aromatic heterocycles. The van der Waals surface area contributed by atoms with Gasteiger partial charge in [0.05, 0.1) is 0 Å². The molecule has 0 aliphatic carbocycles. The Kier molecular flexibility index (Phi) is 5.57. The van der Waals surface area contributed by atoms with Gasteiger partial charge in [0.25, 0.3) is 0 Å². The Morgan fingerprint density at radius 3 is 2.40 bits per heavy atom. The Balaban J connectivity index is 2.12. The van der Waals surface area contributed by atoms with Gasteiger partial charge in [0, 0.05) is 6.04 Å². The highest BCUT2D eigenvalue weighted by Crippen LogP contribution is 2.21. The number of benzene rings is 2. The Bertz CT molecular complexity index is 539. The van der Waals surface area contributed by atoms with E-state index in [-0.39, 0.29) is 0 Å². The van der Waals surface area contributed by atoms with Crippen LogP contribution < -0.4 is 5.32 Å². The minimum atomic E-state index is 0.441. The molecule has 1 nitrogen and oxygen atoms in total. The first kappa shape index (κ1) is 14.5. The monoisotopic (exact) mass is 265 g/mol. The van der Waals surface area contributed by atoms with E-state index in [0.717, 1.165) is 12.8 Å². The standard InChI is InChI=1S/C19H23N/c1-3-19(20-2)18-15-8-7-13-17(18)14-9-12-16-10-5-4-6-11-16/h4-13,15,19-20H,3,14H2,1-2H3. The third kappa shape index (κ3) is 3.82. The van der Waals surface area contributed by atoms with Crippen molar-refractivity contribution in [2.45, 2.75) is 25.8 Å². The maximum atomic E-state index is 3.39. The zero-order valence-electron chi connectivity index (χ0n) is 12.3. The molecule has 20 heavy (non-hydrogen) atoms. The number of rotatable bonds is 6. The van der Waals surface area contributed by atoms with E-state index in [4.69, 9.17) is 0 Å². The third-order valence-corrected chi connectivity index (χ3v) is 3.63. The molecule has 2 aromatic carbocycles. The molecule has 0 bridgehead atoms. The SMILES string of the molecule is CCC(NC)c1ccccc1CC=Cc1ccccc1. The van der Waals surface area contributed by atoms with Crippen LogP contribution in [0.4, 0.5) is 0 Å². The van der Waals surface area contributed by atoms with E-state index in [1.165, 1.54) is 16.7 Å². The minimum absolute atomic E-state index is 0.441. The molecule has 1 unspecified atom stereocenters. The molecule has 0 aliphatic rings. The quantitative estimate of drug-likeness (QED) is 0.804. The molecule has 1 heteroatoms. The molecule has 2 aromatic rings. The first-order chi connectivity index (χ1) is 9.85. The van der Waals surface area contributed by atoms with Crippen LogP contribution in [-0.2, 0) is 6.42 Å². The summed E-state index contributed by atoms with van der Waals surface area (Å²) in [6.07, 6.45) is 6.52. The summed E-state index contributed by atoms with van der Waals surface area (Å²) >= 11 is 0. The van der Waals surface area contributed by atoms with Crippen LogP contribution in [0.5, 0.6) is 0 Å². The van der Waals surface area contributed by atoms with Gasteiger partial charge in [-0.05, 0) is 36.6 Å². The Labute approximate surface area is 122 Å². The average Bonchev–Trinajstić information content (AvgIpc) is 2.51. The van der Waals surface area contributed by atoms with Crippen LogP contribution in [0.1, 0.15) is 36.1 Å². The summed E-state index contributed by atoms with van der Waals surface area (Å²) in [5, 5.41) is 3.39. The van der Waals surface area contributed by atoms with Crippen molar-refractivity contribution in [2.75, 3.05) is 7.05 Å². The Morgan fingerprint density at radius 2 is 1.70 bits per heavy atom. The first-order valence-electron chi connectivity index (χ1n) is 7.31. The summed E-state index contributed by atoms with van der Waals surface area (Å²) in [4.78, 5) is 0. The van der Waals surface area contributed by atoms with E-state index >= 15 is 0 Å². The molecule has 0 heterocycles. The molecule has 0 radical (unpaired) electrons. The van der Waals surface area contributed by atoms with Gasteiger partial charge in [0.1, 0.15) is 0 Å². The van der Waals surface area contributed by atoms with Crippen molar-refractivity contribution in [3.05, 3.63) is 77.4 Å². The lowest BCUT2D eigenvalue weighted by molar-refractivity contribution is 0.573. The number of hydrogen-bond acceptors (Lipinski definition) is 1. The van der Waals surface area contributed by atoms with E-state index in [9.17, 15) is 0 Å². The maximum Gasteiger partial charge on any atom is 0.0317 e. The van der Waals surface area contributed by atoms with Crippen molar-refractivity contribution >= 4 is 6.08 Å². The van der Waals surface area contributed by atoms with E-state index in [2.05, 4.69) is 72.9 Å². The predicted molar refractivity (Wildman–Crippen MR) is 87.7 cm³/mol. The topological polar surface area (TPSA) is 12.0 Å². The normalized spacial score (nSPS) is 12.7. The largest absolute Gasteiger partial charge is 0.313 e. The van der Waals surface area contributed by atoms with Crippen LogP contribution in [0.15, 0.2) is 60.7 Å². The summed E-state index contributed by atoms with van der Waals surface area (Å²) in [6, 6.07) is 19.6. The second kappa shape index (κ2) is 7.66. The van der Waals surface area contributed by atoms with Gasteiger partial charge in [-0.2, -0.15) is 0 Å². The van der Waals surface area contributed by atoms with E-state index in [0.29, 0.717) is 6.04 Å². The highest BCUT2D eigenvalue weighted by Gasteiger charge is 2.09. The van der Waals surface area contributed by atoms with Crippen molar-refractivity contribution in [3.8, 4) is 0 Å². The molecule has 0 amide bonds. The van der Waals surface area contributed by atoms with Gasteiger partial charge < -0.3 is 5.32 Å². The van der Waals surface area contributed by atoms with Gasteiger partial charge in [-0.25, -0.2) is 0 Å². The van der Waals surface area contributed by atoms with Gasteiger partial charge in [-0.3, -0.25) is 0 Å². The van der Waals surface area contributed by atoms with Gasteiger partial charge >= 0.3 is 0 Å². The van der Waals surface area contributed by atoms with Crippen LogP contribution in [-0.4, -0.2) is 7.05 Å². The van der Waals surface area contributed by atoms with Gasteiger partial charge in [-0.15, -0.1) is 0 Å². The van der Waals surface area contributed by atoms with Crippen LogP contribution in [0.3, 0.4) is 0 Å². The zero-order valence-corrected chi connectivity index (χ0v) is 12.3. The average molecular weight is 265 g/mol. The smallest absolute Gasteiger partial charge is 0.0317 e. The Morgan fingerprint density at radius 1 is 1.00 bits per heavy atom. The van der Waals surface area contributed by atoms with Crippen molar-refractivity contribution in [2.24, 2.45) is 0 Å². The molecule has 0 spiro atoms. The van der Waals surface area contributed by atoms with E-state index < -0.39 is 0 Å². The minimum Gasteiger partial charge on any atom is -0.313 e.